The molecule has 4 atom stereocenters. The Morgan fingerprint density at radius 2 is 0.921 bits per heavy atom. The normalized spacial score (nSPS) is 20.9. The molecule has 188 valence electrons. The number of benzene rings is 4. The van der Waals surface area contributed by atoms with Crippen molar-refractivity contribution in [3.05, 3.63) is 155 Å². The van der Waals surface area contributed by atoms with E-state index < -0.39 is 11.8 Å². The molecule has 0 bridgehead atoms. The van der Waals surface area contributed by atoms with Gasteiger partial charge in [0.25, 0.3) is 0 Å². The molecule has 1 aliphatic rings. The van der Waals surface area contributed by atoms with Crippen molar-refractivity contribution in [2.75, 3.05) is 0 Å². The first kappa shape index (κ1) is 25.4. The number of aryl methyl sites for hydroxylation is 2. The standard InChI is InChI=1S/C36H32O2/c1-25-11-9-17-29(23-25)35(37)33-31(21-19-27-13-5-3-6-14-27)32(22-20-28-15-7-4-8-16-28)34(33)36(38)30-18-10-12-26(2)24-30/h3-24,31-34H,1-2H3/b21-19+,22-20+/t31-,32-,33+,34+/m0/s1. The second-order valence-corrected chi connectivity index (χ2v) is 10.2. The Morgan fingerprint density at radius 3 is 1.29 bits per heavy atom. The molecule has 4 aromatic carbocycles. The lowest BCUT2D eigenvalue weighted by atomic mass is 9.52. The summed E-state index contributed by atoms with van der Waals surface area (Å²) in [7, 11) is 0. The van der Waals surface area contributed by atoms with Gasteiger partial charge in [0.05, 0.1) is 0 Å². The number of hydrogen-bond donors (Lipinski definition) is 0. The van der Waals surface area contributed by atoms with Crippen LogP contribution < -0.4 is 0 Å². The van der Waals surface area contributed by atoms with Crippen LogP contribution >= 0.6 is 0 Å². The molecule has 2 nitrogen and oxygen atoms in total. The average molecular weight is 497 g/mol. The third-order valence-corrected chi connectivity index (χ3v) is 7.49. The van der Waals surface area contributed by atoms with Gasteiger partial charge in [0.1, 0.15) is 0 Å². The molecule has 0 aliphatic heterocycles. The first-order chi connectivity index (χ1) is 18.5. The summed E-state index contributed by atoms with van der Waals surface area (Å²) in [5, 5.41) is 0. The molecule has 5 rings (SSSR count). The highest BCUT2D eigenvalue weighted by Gasteiger charge is 2.54. The van der Waals surface area contributed by atoms with Gasteiger partial charge >= 0.3 is 0 Å². The largest absolute Gasteiger partial charge is 0.294 e. The van der Waals surface area contributed by atoms with Crippen molar-refractivity contribution in [2.24, 2.45) is 23.7 Å². The molecule has 0 radical (unpaired) electrons. The molecule has 0 amide bonds. The van der Waals surface area contributed by atoms with Gasteiger partial charge in [-0.15, -0.1) is 0 Å². The van der Waals surface area contributed by atoms with Gasteiger partial charge in [-0.25, -0.2) is 0 Å². The van der Waals surface area contributed by atoms with E-state index in [2.05, 4.69) is 48.6 Å². The topological polar surface area (TPSA) is 34.1 Å². The molecular weight excluding hydrogens is 464 g/mol. The van der Waals surface area contributed by atoms with E-state index in [1.165, 1.54) is 0 Å². The molecule has 1 saturated carbocycles. The van der Waals surface area contributed by atoms with Gasteiger partial charge in [-0.2, -0.15) is 0 Å². The van der Waals surface area contributed by atoms with Gasteiger partial charge in [0.2, 0.25) is 0 Å². The number of carbonyl (C=O) groups is 2. The van der Waals surface area contributed by atoms with E-state index in [1.807, 2.05) is 98.8 Å². The van der Waals surface area contributed by atoms with E-state index >= 15 is 0 Å². The van der Waals surface area contributed by atoms with Crippen LogP contribution in [0.2, 0.25) is 0 Å². The zero-order chi connectivity index (χ0) is 26.5. The Labute approximate surface area is 225 Å². The van der Waals surface area contributed by atoms with Gasteiger partial charge in [-0.1, -0.05) is 132 Å². The number of allylic oxidation sites excluding steroid dienone is 2. The summed E-state index contributed by atoms with van der Waals surface area (Å²) in [5.74, 6) is -0.993. The number of ketones is 2. The molecule has 0 saturated heterocycles. The van der Waals surface area contributed by atoms with E-state index in [9.17, 15) is 9.59 Å². The molecule has 1 aliphatic carbocycles. The maximum atomic E-state index is 14.0. The average Bonchev–Trinajstić information content (AvgIpc) is 2.93. The Hall–Kier alpha value is -4.30. The molecule has 0 heterocycles. The van der Waals surface area contributed by atoms with Crippen LogP contribution in [0, 0.1) is 37.5 Å². The minimum atomic E-state index is -0.435. The van der Waals surface area contributed by atoms with Crippen molar-refractivity contribution in [2.45, 2.75) is 13.8 Å². The zero-order valence-corrected chi connectivity index (χ0v) is 21.8. The van der Waals surface area contributed by atoms with Crippen molar-refractivity contribution in [1.82, 2.24) is 0 Å². The van der Waals surface area contributed by atoms with Crippen molar-refractivity contribution in [3.63, 3.8) is 0 Å². The summed E-state index contributed by atoms with van der Waals surface area (Å²) < 4.78 is 0. The first-order valence-electron chi connectivity index (χ1n) is 13.2. The van der Waals surface area contributed by atoms with E-state index in [0.717, 1.165) is 22.3 Å². The third kappa shape index (κ3) is 5.50. The quantitative estimate of drug-likeness (QED) is 0.230. The highest BCUT2D eigenvalue weighted by Crippen LogP contribution is 2.51. The minimum Gasteiger partial charge on any atom is -0.294 e. The van der Waals surface area contributed by atoms with Gasteiger partial charge in [0.15, 0.2) is 11.6 Å². The Morgan fingerprint density at radius 1 is 0.526 bits per heavy atom. The van der Waals surface area contributed by atoms with Crippen LogP contribution in [0.15, 0.2) is 121 Å². The van der Waals surface area contributed by atoms with Crippen LogP contribution in [0.25, 0.3) is 12.2 Å². The van der Waals surface area contributed by atoms with Crippen molar-refractivity contribution in [1.29, 1.82) is 0 Å². The van der Waals surface area contributed by atoms with E-state index in [4.69, 9.17) is 0 Å². The molecule has 1 fully saturated rings. The highest BCUT2D eigenvalue weighted by atomic mass is 16.1. The summed E-state index contributed by atoms with van der Waals surface area (Å²) >= 11 is 0. The van der Waals surface area contributed by atoms with Crippen LogP contribution in [-0.2, 0) is 0 Å². The van der Waals surface area contributed by atoms with Gasteiger partial charge in [0, 0.05) is 23.0 Å². The predicted octanol–water partition coefficient (Wildman–Crippen LogP) is 8.27. The fraction of sp³-hybridized carbons (Fsp3) is 0.167. The van der Waals surface area contributed by atoms with E-state index in [1.54, 1.807) is 0 Å². The van der Waals surface area contributed by atoms with Gasteiger partial charge in [-0.05, 0) is 48.9 Å². The number of hydrogen-bond acceptors (Lipinski definition) is 2. The summed E-state index contributed by atoms with van der Waals surface area (Å²) in [6, 6.07) is 35.6. The van der Waals surface area contributed by atoms with Crippen LogP contribution in [0.3, 0.4) is 0 Å². The molecule has 2 heteroatoms. The summed E-state index contributed by atoms with van der Waals surface area (Å²) in [6.45, 7) is 3.98. The second-order valence-electron chi connectivity index (χ2n) is 10.2. The zero-order valence-electron chi connectivity index (χ0n) is 21.8. The smallest absolute Gasteiger partial charge is 0.167 e. The predicted molar refractivity (Wildman–Crippen MR) is 156 cm³/mol. The molecule has 38 heavy (non-hydrogen) atoms. The maximum Gasteiger partial charge on any atom is 0.167 e. The fourth-order valence-corrected chi connectivity index (χ4v) is 5.54. The number of carbonyl (C=O) groups excluding carboxylic acids is 2. The number of rotatable bonds is 8. The van der Waals surface area contributed by atoms with Crippen molar-refractivity contribution in [3.8, 4) is 0 Å². The van der Waals surface area contributed by atoms with Crippen molar-refractivity contribution >= 4 is 23.7 Å². The lowest BCUT2D eigenvalue weighted by Gasteiger charge is -2.48. The number of Topliss-reactive ketones (excluding diaryl/α,β-unsaturated/α-hetero) is 2. The van der Waals surface area contributed by atoms with Crippen LogP contribution in [0.4, 0.5) is 0 Å². The van der Waals surface area contributed by atoms with Crippen molar-refractivity contribution < 1.29 is 9.59 Å². The Balaban J connectivity index is 1.57. The van der Waals surface area contributed by atoms with E-state index in [-0.39, 0.29) is 23.4 Å². The first-order valence-corrected chi connectivity index (χ1v) is 13.2. The van der Waals surface area contributed by atoms with Crippen LogP contribution in [0.5, 0.6) is 0 Å². The van der Waals surface area contributed by atoms with Gasteiger partial charge < -0.3 is 0 Å². The summed E-state index contributed by atoms with van der Waals surface area (Å²) in [5.41, 5.74) is 5.56. The third-order valence-electron chi connectivity index (χ3n) is 7.49. The van der Waals surface area contributed by atoms with E-state index in [0.29, 0.717) is 11.1 Å². The highest BCUT2D eigenvalue weighted by molar-refractivity contribution is 6.07. The molecule has 0 aromatic heterocycles. The molecule has 0 N–H and O–H groups in total. The summed E-state index contributed by atoms with van der Waals surface area (Å²) in [4.78, 5) is 28.0. The second kappa shape index (κ2) is 11.4. The minimum absolute atomic E-state index is 0.0341. The molecule has 4 aromatic rings. The van der Waals surface area contributed by atoms with Gasteiger partial charge in [-0.3, -0.25) is 9.59 Å². The molecular formula is C36H32O2. The molecule has 0 spiro atoms. The SMILES string of the molecule is Cc1cccc(C(=O)[C@@H]2[C@@H](/C=C/c3ccccc3)[C@H](/C=C/c3ccccc3)[C@H]2C(=O)c2cccc(C)c2)c1. The summed E-state index contributed by atoms with van der Waals surface area (Å²) in [6.07, 6.45) is 8.43. The fourth-order valence-electron chi connectivity index (χ4n) is 5.54. The molecule has 0 unspecified atom stereocenters. The monoisotopic (exact) mass is 496 g/mol. The lowest BCUT2D eigenvalue weighted by molar-refractivity contribution is 0.0316. The Bertz CT molecular complexity index is 1370. The Kier molecular flexibility index (Phi) is 7.60. The lowest BCUT2D eigenvalue weighted by Crippen LogP contribution is -2.52. The van der Waals surface area contributed by atoms with Crippen LogP contribution in [0.1, 0.15) is 43.0 Å². The van der Waals surface area contributed by atoms with Crippen LogP contribution in [-0.4, -0.2) is 11.6 Å². The maximum absolute atomic E-state index is 14.0.